The van der Waals surface area contributed by atoms with Crippen molar-refractivity contribution >= 4 is 17.4 Å². The Labute approximate surface area is 188 Å². The first-order valence-corrected chi connectivity index (χ1v) is 11.0. The number of nitrogens with one attached hydrogen (secondary N) is 2. The van der Waals surface area contributed by atoms with Gasteiger partial charge in [-0.15, -0.1) is 0 Å². The van der Waals surface area contributed by atoms with Crippen LogP contribution in [0.1, 0.15) is 22.3 Å². The average molecular weight is 432 g/mol. The molecule has 32 heavy (non-hydrogen) atoms. The van der Waals surface area contributed by atoms with Gasteiger partial charge >= 0.3 is 0 Å². The number of hydrogen-bond acceptors (Lipinski definition) is 6. The number of ether oxygens (including phenoxy) is 1. The van der Waals surface area contributed by atoms with E-state index in [0.29, 0.717) is 23.8 Å². The van der Waals surface area contributed by atoms with E-state index < -0.39 is 0 Å². The predicted octanol–water partition coefficient (Wildman–Crippen LogP) is 3.65. The van der Waals surface area contributed by atoms with Crippen LogP contribution in [0.3, 0.4) is 0 Å². The number of rotatable bonds is 8. The van der Waals surface area contributed by atoms with Gasteiger partial charge in [0.15, 0.2) is 5.82 Å². The molecule has 1 aromatic heterocycles. The lowest BCUT2D eigenvalue weighted by Crippen LogP contribution is -2.38. The Morgan fingerprint density at radius 3 is 2.72 bits per heavy atom. The van der Waals surface area contributed by atoms with Crippen LogP contribution in [0.5, 0.6) is 0 Å². The lowest BCUT2D eigenvalue weighted by atomic mass is 10.1. The summed E-state index contributed by atoms with van der Waals surface area (Å²) in [5.74, 6) is 1.27. The summed E-state index contributed by atoms with van der Waals surface area (Å²) in [5, 5.41) is 6.30. The topological polar surface area (TPSA) is 79.4 Å². The molecule has 3 aromatic rings. The summed E-state index contributed by atoms with van der Waals surface area (Å²) in [6, 6.07) is 17.4. The van der Waals surface area contributed by atoms with E-state index in [4.69, 9.17) is 4.74 Å². The van der Waals surface area contributed by atoms with E-state index >= 15 is 0 Å². The molecule has 0 aliphatic carbocycles. The highest BCUT2D eigenvalue weighted by molar-refractivity contribution is 5.95. The van der Waals surface area contributed by atoms with E-state index in [9.17, 15) is 4.79 Å². The van der Waals surface area contributed by atoms with Gasteiger partial charge in [0.25, 0.3) is 5.91 Å². The molecule has 1 aliphatic rings. The molecule has 1 amide bonds. The Morgan fingerprint density at radius 2 is 1.91 bits per heavy atom. The monoisotopic (exact) mass is 431 g/mol. The summed E-state index contributed by atoms with van der Waals surface area (Å²) in [6.45, 7) is 7.21. The second-order valence-corrected chi connectivity index (χ2v) is 7.90. The Kier molecular flexibility index (Phi) is 7.42. The number of morpholine rings is 1. The van der Waals surface area contributed by atoms with Gasteiger partial charge in [-0.3, -0.25) is 9.69 Å². The number of benzene rings is 2. The molecule has 0 radical (unpaired) electrons. The first-order valence-electron chi connectivity index (χ1n) is 11.0. The average Bonchev–Trinajstić information content (AvgIpc) is 2.83. The molecule has 2 aromatic carbocycles. The smallest absolute Gasteiger partial charge is 0.251 e. The molecule has 1 saturated heterocycles. The summed E-state index contributed by atoms with van der Waals surface area (Å²) in [5.41, 5.74) is 3.58. The van der Waals surface area contributed by atoms with E-state index in [2.05, 4.69) is 32.4 Å². The molecule has 0 saturated carbocycles. The number of aromatic nitrogens is 2. The van der Waals surface area contributed by atoms with Gasteiger partial charge in [0.05, 0.1) is 13.2 Å². The number of nitrogens with zero attached hydrogens (tertiary/aromatic N) is 3. The highest BCUT2D eigenvalue weighted by Crippen LogP contribution is 2.20. The van der Waals surface area contributed by atoms with E-state index in [1.54, 1.807) is 6.20 Å². The standard InChI is InChI=1S/C25H29N5O2/c1-19-6-8-20(9-7-19)24-26-12-10-23(29-24)28-22-5-2-4-21(18-22)25(31)27-11-3-13-30-14-16-32-17-15-30/h2,4-10,12,18H,3,11,13-17H2,1H3,(H,27,31)(H,26,28,29). The second-order valence-electron chi connectivity index (χ2n) is 7.90. The molecule has 7 heteroatoms. The summed E-state index contributed by atoms with van der Waals surface area (Å²) in [7, 11) is 0. The fraction of sp³-hybridized carbons (Fsp3) is 0.320. The summed E-state index contributed by atoms with van der Waals surface area (Å²) in [4.78, 5) is 23.9. The van der Waals surface area contributed by atoms with Crippen LogP contribution in [0.15, 0.2) is 60.8 Å². The van der Waals surface area contributed by atoms with Crippen molar-refractivity contribution in [2.75, 3.05) is 44.7 Å². The van der Waals surface area contributed by atoms with Crippen LogP contribution in [0.2, 0.25) is 0 Å². The maximum absolute atomic E-state index is 12.6. The first-order chi connectivity index (χ1) is 15.7. The zero-order valence-electron chi connectivity index (χ0n) is 18.4. The summed E-state index contributed by atoms with van der Waals surface area (Å²) >= 11 is 0. The minimum atomic E-state index is -0.0707. The third kappa shape index (κ3) is 6.12. The third-order valence-corrected chi connectivity index (χ3v) is 5.40. The lowest BCUT2D eigenvalue weighted by Gasteiger charge is -2.26. The van der Waals surface area contributed by atoms with Gasteiger partial charge in [0, 0.05) is 42.6 Å². The lowest BCUT2D eigenvalue weighted by molar-refractivity contribution is 0.0374. The van der Waals surface area contributed by atoms with Gasteiger partial charge in [-0.1, -0.05) is 35.9 Å². The zero-order chi connectivity index (χ0) is 22.2. The Morgan fingerprint density at radius 1 is 1.09 bits per heavy atom. The zero-order valence-corrected chi connectivity index (χ0v) is 18.4. The number of amides is 1. The first kappa shape index (κ1) is 21.9. The molecule has 1 aliphatic heterocycles. The van der Waals surface area contributed by atoms with E-state index in [-0.39, 0.29) is 5.91 Å². The van der Waals surface area contributed by atoms with Crippen molar-refractivity contribution in [3.8, 4) is 11.4 Å². The van der Waals surface area contributed by atoms with E-state index in [1.165, 1.54) is 5.56 Å². The molecular formula is C25H29N5O2. The van der Waals surface area contributed by atoms with Crippen LogP contribution in [0.4, 0.5) is 11.5 Å². The number of hydrogen-bond donors (Lipinski definition) is 2. The molecule has 1 fully saturated rings. The fourth-order valence-electron chi connectivity index (χ4n) is 3.59. The number of carbonyl (C=O) groups is 1. The maximum atomic E-state index is 12.6. The molecular weight excluding hydrogens is 402 g/mol. The molecule has 0 spiro atoms. The summed E-state index contributed by atoms with van der Waals surface area (Å²) in [6.07, 6.45) is 2.65. The van der Waals surface area contributed by atoms with Gasteiger partial charge in [-0.2, -0.15) is 0 Å². The Balaban J connectivity index is 1.33. The molecule has 4 rings (SSSR count). The number of aryl methyl sites for hydroxylation is 1. The quantitative estimate of drug-likeness (QED) is 0.530. The van der Waals surface area contributed by atoms with Gasteiger partial charge in [-0.05, 0) is 44.2 Å². The highest BCUT2D eigenvalue weighted by Gasteiger charge is 2.11. The van der Waals surface area contributed by atoms with Crippen molar-refractivity contribution in [1.82, 2.24) is 20.2 Å². The van der Waals surface area contributed by atoms with Crippen molar-refractivity contribution in [3.63, 3.8) is 0 Å². The molecule has 166 valence electrons. The largest absolute Gasteiger partial charge is 0.379 e. The minimum Gasteiger partial charge on any atom is -0.379 e. The number of carbonyl (C=O) groups excluding carboxylic acids is 1. The van der Waals surface area contributed by atoms with Crippen LogP contribution < -0.4 is 10.6 Å². The molecule has 0 bridgehead atoms. The fourth-order valence-corrected chi connectivity index (χ4v) is 3.59. The van der Waals surface area contributed by atoms with Gasteiger partial charge in [0.2, 0.25) is 0 Å². The van der Waals surface area contributed by atoms with Crippen molar-refractivity contribution < 1.29 is 9.53 Å². The van der Waals surface area contributed by atoms with Crippen molar-refractivity contribution in [2.45, 2.75) is 13.3 Å². The van der Waals surface area contributed by atoms with Crippen LogP contribution >= 0.6 is 0 Å². The van der Waals surface area contributed by atoms with Crippen molar-refractivity contribution in [3.05, 3.63) is 71.9 Å². The van der Waals surface area contributed by atoms with Crippen LogP contribution in [0, 0.1) is 6.92 Å². The molecule has 7 nitrogen and oxygen atoms in total. The van der Waals surface area contributed by atoms with Crippen LogP contribution in [0.25, 0.3) is 11.4 Å². The van der Waals surface area contributed by atoms with E-state index in [1.807, 2.05) is 54.6 Å². The van der Waals surface area contributed by atoms with Gasteiger partial charge in [-0.25, -0.2) is 9.97 Å². The Bertz CT molecular complexity index is 1030. The molecule has 0 unspecified atom stereocenters. The van der Waals surface area contributed by atoms with Gasteiger partial charge in [0.1, 0.15) is 5.82 Å². The summed E-state index contributed by atoms with van der Waals surface area (Å²) < 4.78 is 5.36. The maximum Gasteiger partial charge on any atom is 0.251 e. The Hall–Kier alpha value is -3.29. The molecule has 2 N–H and O–H groups in total. The predicted molar refractivity (Wildman–Crippen MR) is 126 cm³/mol. The molecule has 2 heterocycles. The van der Waals surface area contributed by atoms with Crippen LogP contribution in [-0.4, -0.2) is 60.2 Å². The van der Waals surface area contributed by atoms with Crippen molar-refractivity contribution in [2.24, 2.45) is 0 Å². The minimum absolute atomic E-state index is 0.0707. The third-order valence-electron chi connectivity index (χ3n) is 5.40. The van der Waals surface area contributed by atoms with E-state index in [0.717, 1.165) is 50.5 Å². The van der Waals surface area contributed by atoms with Gasteiger partial charge < -0.3 is 15.4 Å². The SMILES string of the molecule is Cc1ccc(-c2nccc(Nc3cccc(C(=O)NCCCN4CCOCC4)c3)n2)cc1. The molecule has 0 atom stereocenters. The van der Waals surface area contributed by atoms with Crippen molar-refractivity contribution in [1.29, 1.82) is 0 Å². The second kappa shape index (κ2) is 10.8. The van der Waals surface area contributed by atoms with Crippen LogP contribution in [-0.2, 0) is 4.74 Å². The normalized spacial score (nSPS) is 14.2. The highest BCUT2D eigenvalue weighted by atomic mass is 16.5. The number of anilines is 2.